The summed E-state index contributed by atoms with van der Waals surface area (Å²) in [6, 6.07) is 20.0. The average Bonchev–Trinajstić information content (AvgIpc) is 3.78. The number of pyridine rings is 1. The van der Waals surface area contributed by atoms with Crippen molar-refractivity contribution in [2.24, 2.45) is 11.8 Å². The van der Waals surface area contributed by atoms with Crippen LogP contribution < -0.4 is 10.5 Å². The molecule has 6 rings (SSSR count). The summed E-state index contributed by atoms with van der Waals surface area (Å²) in [4.78, 5) is 30.5. The molecule has 42 heavy (non-hydrogen) atoms. The second-order valence-electron chi connectivity index (χ2n) is 11.3. The van der Waals surface area contributed by atoms with Crippen LogP contribution in [0.25, 0.3) is 17.1 Å². The van der Waals surface area contributed by atoms with Gasteiger partial charge in [-0.1, -0.05) is 42.5 Å². The van der Waals surface area contributed by atoms with Crippen molar-refractivity contribution in [2.45, 2.75) is 45.6 Å². The fourth-order valence-corrected chi connectivity index (χ4v) is 5.65. The Morgan fingerprint density at radius 2 is 1.69 bits per heavy atom. The average molecular weight is 566 g/mol. The lowest BCUT2D eigenvalue weighted by atomic mass is 9.90. The summed E-state index contributed by atoms with van der Waals surface area (Å²) in [5.41, 5.74) is 10.8. The maximum atomic E-state index is 12.3. The maximum absolute atomic E-state index is 12.3. The van der Waals surface area contributed by atoms with E-state index in [0.717, 1.165) is 67.6 Å². The number of aryl methyl sites for hydroxylation is 1. The number of anilines is 1. The number of hydrogen-bond acceptors (Lipinski definition) is 6. The highest BCUT2D eigenvalue weighted by Crippen LogP contribution is 2.34. The fraction of sp³-hybridized carbons (Fsp3) is 0.333. The van der Waals surface area contributed by atoms with E-state index < -0.39 is 5.97 Å². The third-order valence-electron chi connectivity index (χ3n) is 8.26. The molecule has 2 aromatic heterocycles. The third-order valence-corrected chi connectivity index (χ3v) is 8.26. The van der Waals surface area contributed by atoms with Gasteiger partial charge in [0.25, 0.3) is 0 Å². The molecule has 1 aliphatic carbocycles. The van der Waals surface area contributed by atoms with Gasteiger partial charge in [-0.2, -0.15) is 9.78 Å². The Labute approximate surface area is 244 Å². The van der Waals surface area contributed by atoms with Crippen LogP contribution in [0, 0.1) is 18.8 Å². The molecule has 0 atom stereocenters. The molecule has 2 fully saturated rings. The second kappa shape index (κ2) is 11.7. The molecule has 1 saturated heterocycles. The second-order valence-corrected chi connectivity index (χ2v) is 11.3. The molecule has 1 aliphatic heterocycles. The van der Waals surface area contributed by atoms with Crippen molar-refractivity contribution in [3.8, 4) is 22.8 Å². The summed E-state index contributed by atoms with van der Waals surface area (Å²) in [6.45, 7) is 4.19. The number of amides is 1. The number of nitrogen functional groups attached to an aromatic ring is 1. The minimum atomic E-state index is -1.14. The highest BCUT2D eigenvalue weighted by Gasteiger charge is 2.34. The topological polar surface area (TPSA) is 124 Å². The van der Waals surface area contributed by atoms with E-state index in [2.05, 4.69) is 34.3 Å². The predicted octanol–water partition coefficient (Wildman–Crippen LogP) is 5.29. The number of benzene rings is 2. The number of likely N-dealkylation sites (tertiary alicyclic amines) is 1. The molecule has 0 bridgehead atoms. The summed E-state index contributed by atoms with van der Waals surface area (Å²) in [5, 5.41) is 13.4. The van der Waals surface area contributed by atoms with Gasteiger partial charge in [-0.05, 0) is 79.8 Å². The molecule has 0 unspecified atom stereocenters. The summed E-state index contributed by atoms with van der Waals surface area (Å²) in [7, 11) is 0. The minimum Gasteiger partial charge on any atom is -0.488 e. The molecule has 1 saturated carbocycles. The zero-order chi connectivity index (χ0) is 29.2. The third kappa shape index (κ3) is 5.86. The lowest BCUT2D eigenvalue weighted by Crippen LogP contribution is -2.39. The number of piperidine rings is 1. The lowest BCUT2D eigenvalue weighted by Gasteiger charge is -2.32. The first-order valence-corrected chi connectivity index (χ1v) is 14.5. The number of nitrogens with zero attached hydrogens (tertiary/aromatic N) is 4. The van der Waals surface area contributed by atoms with Crippen LogP contribution in [0.2, 0.25) is 0 Å². The van der Waals surface area contributed by atoms with E-state index in [4.69, 9.17) is 15.5 Å². The molecule has 4 aromatic rings. The smallest absolute Gasteiger partial charge is 0.341 e. The van der Waals surface area contributed by atoms with Crippen LogP contribution in [-0.4, -0.2) is 49.7 Å². The highest BCUT2D eigenvalue weighted by atomic mass is 16.5. The van der Waals surface area contributed by atoms with Gasteiger partial charge in [0.05, 0.1) is 11.9 Å². The van der Waals surface area contributed by atoms with E-state index in [1.807, 2.05) is 37.3 Å². The first kappa shape index (κ1) is 27.5. The van der Waals surface area contributed by atoms with Gasteiger partial charge in [0.15, 0.2) is 5.82 Å². The number of carbonyl (C=O) groups excluding carboxylic acids is 1. The number of ether oxygens (including phenoxy) is 1. The van der Waals surface area contributed by atoms with Crippen molar-refractivity contribution in [1.82, 2.24) is 19.7 Å². The molecule has 9 heteroatoms. The van der Waals surface area contributed by atoms with Crippen LogP contribution in [0.4, 0.5) is 5.82 Å². The Morgan fingerprint density at radius 3 is 2.38 bits per heavy atom. The molecule has 9 nitrogen and oxygen atoms in total. The van der Waals surface area contributed by atoms with E-state index in [1.165, 1.54) is 16.4 Å². The van der Waals surface area contributed by atoms with Crippen molar-refractivity contribution in [3.05, 3.63) is 89.1 Å². The molecule has 216 valence electrons. The van der Waals surface area contributed by atoms with Crippen molar-refractivity contribution in [1.29, 1.82) is 0 Å². The summed E-state index contributed by atoms with van der Waals surface area (Å²) in [5.74, 6) is 1.32. The Balaban J connectivity index is 1.11. The van der Waals surface area contributed by atoms with Crippen LogP contribution in [0.1, 0.15) is 52.7 Å². The monoisotopic (exact) mass is 565 g/mol. The summed E-state index contributed by atoms with van der Waals surface area (Å²) >= 11 is 0. The number of aromatic carboxylic acids is 1. The van der Waals surface area contributed by atoms with Crippen molar-refractivity contribution in [3.63, 3.8) is 0 Å². The first-order chi connectivity index (χ1) is 20.4. The van der Waals surface area contributed by atoms with Crippen LogP contribution in [0.5, 0.6) is 5.75 Å². The number of aromatic nitrogens is 3. The van der Waals surface area contributed by atoms with Gasteiger partial charge in [-0.15, -0.1) is 0 Å². The van der Waals surface area contributed by atoms with Crippen LogP contribution in [0.15, 0.2) is 66.9 Å². The summed E-state index contributed by atoms with van der Waals surface area (Å²) in [6.07, 6.45) is 6.54. The normalized spacial score (nSPS) is 15.5. The SMILES string of the molecule is Cc1cccc(-c2cccc(-n3ncc(C(=O)O)c3N)n2)c1OCc1ccc(CC2CCN(C(=O)C3CC3)CC2)cc1. The molecular formula is C33H35N5O4. The van der Waals surface area contributed by atoms with Crippen LogP contribution in [-0.2, 0) is 17.8 Å². The number of nitrogens with two attached hydrogens (primary N) is 1. The number of carboxylic acid groups (broad SMARTS) is 1. The van der Waals surface area contributed by atoms with Gasteiger partial charge in [-0.25, -0.2) is 9.78 Å². The first-order valence-electron chi connectivity index (χ1n) is 14.5. The number of hydrogen-bond donors (Lipinski definition) is 2. The number of para-hydroxylation sites is 1. The Morgan fingerprint density at radius 1 is 0.976 bits per heavy atom. The lowest BCUT2D eigenvalue weighted by molar-refractivity contribution is -0.133. The largest absolute Gasteiger partial charge is 0.488 e. The molecule has 3 heterocycles. The summed E-state index contributed by atoms with van der Waals surface area (Å²) < 4.78 is 7.68. The van der Waals surface area contributed by atoms with Gasteiger partial charge in [0, 0.05) is 24.6 Å². The van der Waals surface area contributed by atoms with Gasteiger partial charge >= 0.3 is 5.97 Å². The van der Waals surface area contributed by atoms with E-state index in [-0.39, 0.29) is 11.4 Å². The Kier molecular flexibility index (Phi) is 7.65. The van der Waals surface area contributed by atoms with Gasteiger partial charge in [-0.3, -0.25) is 4.79 Å². The molecule has 3 N–H and O–H groups in total. The minimum absolute atomic E-state index is 0.0189. The van der Waals surface area contributed by atoms with E-state index in [1.54, 1.807) is 6.07 Å². The Bertz CT molecular complexity index is 1600. The molecule has 0 spiro atoms. The molecule has 2 aliphatic rings. The van der Waals surface area contributed by atoms with E-state index in [0.29, 0.717) is 35.9 Å². The van der Waals surface area contributed by atoms with E-state index >= 15 is 0 Å². The van der Waals surface area contributed by atoms with Gasteiger partial charge < -0.3 is 20.5 Å². The zero-order valence-corrected chi connectivity index (χ0v) is 23.7. The molecule has 2 aromatic carbocycles. The van der Waals surface area contributed by atoms with E-state index in [9.17, 15) is 14.7 Å². The molecule has 0 radical (unpaired) electrons. The van der Waals surface area contributed by atoms with Crippen molar-refractivity contribution in [2.75, 3.05) is 18.8 Å². The molecular weight excluding hydrogens is 530 g/mol. The maximum Gasteiger partial charge on any atom is 0.341 e. The standard InChI is InChI=1S/C33H35N5O4/c1-21-4-2-5-26(28-6-3-7-29(36-28)38-31(34)27(19-35-38)33(40)41)30(21)42-20-24-10-8-22(9-11-24)18-23-14-16-37(17-15-23)32(39)25-12-13-25/h2-11,19,23,25H,12-18,20,34H2,1H3,(H,40,41). The van der Waals surface area contributed by atoms with Crippen molar-refractivity contribution >= 4 is 17.7 Å². The van der Waals surface area contributed by atoms with Crippen LogP contribution in [0.3, 0.4) is 0 Å². The van der Waals surface area contributed by atoms with Gasteiger partial charge in [0.1, 0.15) is 23.7 Å². The van der Waals surface area contributed by atoms with Crippen molar-refractivity contribution < 1.29 is 19.4 Å². The highest BCUT2D eigenvalue weighted by molar-refractivity contribution is 5.92. The Hall–Kier alpha value is -4.66. The fourth-order valence-electron chi connectivity index (χ4n) is 5.65. The number of carbonyl (C=O) groups is 2. The predicted molar refractivity (Wildman–Crippen MR) is 159 cm³/mol. The molecule has 1 amide bonds. The van der Waals surface area contributed by atoms with Crippen LogP contribution >= 0.6 is 0 Å². The zero-order valence-electron chi connectivity index (χ0n) is 23.7. The van der Waals surface area contributed by atoms with Gasteiger partial charge in [0.2, 0.25) is 5.91 Å². The quantitative estimate of drug-likeness (QED) is 0.283. The number of rotatable bonds is 9. The number of carboxylic acids is 1.